The fourth-order valence-electron chi connectivity index (χ4n) is 2.99. The van der Waals surface area contributed by atoms with Gasteiger partial charge in [0.05, 0.1) is 0 Å². The maximum atomic E-state index is 13.1. The average Bonchev–Trinajstić information content (AvgIpc) is 2.90. The lowest BCUT2D eigenvalue weighted by atomic mass is 9.89. The Morgan fingerprint density at radius 2 is 2.21 bits per heavy atom. The van der Waals surface area contributed by atoms with Crippen molar-refractivity contribution in [3.05, 3.63) is 35.1 Å². The molecule has 0 heterocycles. The van der Waals surface area contributed by atoms with Crippen molar-refractivity contribution in [2.45, 2.75) is 24.7 Å². The summed E-state index contributed by atoms with van der Waals surface area (Å²) in [5, 5.41) is 0. The summed E-state index contributed by atoms with van der Waals surface area (Å²) in [6.45, 7) is 0.732. The number of benzene rings is 1. The van der Waals surface area contributed by atoms with Crippen molar-refractivity contribution in [1.82, 2.24) is 0 Å². The van der Waals surface area contributed by atoms with Crippen LogP contribution in [0.5, 0.6) is 0 Å². The van der Waals surface area contributed by atoms with E-state index in [9.17, 15) is 4.39 Å². The van der Waals surface area contributed by atoms with Crippen LogP contribution in [0.1, 0.15) is 24.0 Å². The van der Waals surface area contributed by atoms with Crippen LogP contribution in [0, 0.1) is 11.7 Å². The molecule has 1 atom stereocenters. The van der Waals surface area contributed by atoms with Gasteiger partial charge < -0.3 is 5.73 Å². The maximum absolute atomic E-state index is 13.1. The van der Waals surface area contributed by atoms with Gasteiger partial charge in [-0.3, -0.25) is 0 Å². The van der Waals surface area contributed by atoms with Crippen molar-refractivity contribution >= 4 is 0 Å². The molecule has 1 saturated carbocycles. The van der Waals surface area contributed by atoms with Crippen molar-refractivity contribution < 1.29 is 4.39 Å². The van der Waals surface area contributed by atoms with Crippen molar-refractivity contribution in [1.29, 1.82) is 0 Å². The normalized spacial score (nSPS) is 26.6. The SMILES string of the molecule is NCC1Cc2ccc(F)cc2C12CC2. The van der Waals surface area contributed by atoms with Crippen molar-refractivity contribution in [3.8, 4) is 0 Å². The Hall–Kier alpha value is -0.890. The summed E-state index contributed by atoms with van der Waals surface area (Å²) in [6, 6.07) is 5.21. The molecule has 1 nitrogen and oxygen atoms in total. The van der Waals surface area contributed by atoms with Gasteiger partial charge in [-0.1, -0.05) is 6.07 Å². The number of fused-ring (bicyclic) bond motifs is 2. The third kappa shape index (κ3) is 0.921. The number of rotatable bonds is 1. The van der Waals surface area contributed by atoms with Crippen LogP contribution in [0.25, 0.3) is 0 Å². The molecule has 2 heteroatoms. The molecule has 1 unspecified atom stereocenters. The summed E-state index contributed by atoms with van der Waals surface area (Å²) >= 11 is 0. The van der Waals surface area contributed by atoms with Crippen molar-refractivity contribution in [2.24, 2.45) is 11.7 Å². The summed E-state index contributed by atoms with van der Waals surface area (Å²) in [7, 11) is 0. The molecule has 14 heavy (non-hydrogen) atoms. The second-order valence-corrected chi connectivity index (χ2v) is 4.59. The summed E-state index contributed by atoms with van der Waals surface area (Å²) in [5.41, 5.74) is 8.61. The van der Waals surface area contributed by atoms with Gasteiger partial charge in [0.15, 0.2) is 0 Å². The van der Waals surface area contributed by atoms with E-state index in [0.717, 1.165) is 13.0 Å². The fraction of sp³-hybridized carbons (Fsp3) is 0.500. The van der Waals surface area contributed by atoms with Crippen LogP contribution in [0.4, 0.5) is 4.39 Å². The minimum absolute atomic E-state index is 0.104. The second-order valence-electron chi connectivity index (χ2n) is 4.59. The predicted molar refractivity (Wildman–Crippen MR) is 53.6 cm³/mol. The Kier molecular flexibility index (Phi) is 1.55. The Labute approximate surface area is 83.1 Å². The second kappa shape index (κ2) is 2.57. The van der Waals surface area contributed by atoms with Gasteiger partial charge in [-0.05, 0) is 55.0 Å². The third-order valence-electron chi connectivity index (χ3n) is 3.93. The smallest absolute Gasteiger partial charge is 0.123 e. The fourth-order valence-corrected chi connectivity index (χ4v) is 2.99. The molecule has 1 fully saturated rings. The summed E-state index contributed by atoms with van der Waals surface area (Å²) < 4.78 is 13.1. The molecule has 0 aromatic heterocycles. The highest BCUT2D eigenvalue weighted by Gasteiger charge is 2.54. The van der Waals surface area contributed by atoms with E-state index < -0.39 is 0 Å². The van der Waals surface area contributed by atoms with Gasteiger partial charge in [-0.2, -0.15) is 0 Å². The quantitative estimate of drug-likeness (QED) is 0.721. The first-order valence-electron chi connectivity index (χ1n) is 5.25. The zero-order valence-corrected chi connectivity index (χ0v) is 8.09. The number of hydrogen-bond donors (Lipinski definition) is 1. The summed E-state index contributed by atoms with van der Waals surface area (Å²) in [6.07, 6.45) is 3.45. The lowest BCUT2D eigenvalue weighted by Crippen LogP contribution is -2.23. The average molecular weight is 191 g/mol. The molecule has 1 spiro atoms. The first-order valence-corrected chi connectivity index (χ1v) is 5.25. The molecule has 0 amide bonds. The Morgan fingerprint density at radius 1 is 1.43 bits per heavy atom. The number of hydrogen-bond acceptors (Lipinski definition) is 1. The van der Waals surface area contributed by atoms with Crippen LogP contribution in [0.15, 0.2) is 18.2 Å². The van der Waals surface area contributed by atoms with E-state index in [-0.39, 0.29) is 11.2 Å². The molecule has 0 radical (unpaired) electrons. The van der Waals surface area contributed by atoms with E-state index in [1.807, 2.05) is 6.07 Å². The molecule has 0 aliphatic heterocycles. The molecule has 74 valence electrons. The van der Waals surface area contributed by atoms with E-state index in [1.165, 1.54) is 24.0 Å². The lowest BCUT2D eigenvalue weighted by Gasteiger charge is -2.16. The lowest BCUT2D eigenvalue weighted by molar-refractivity contribution is 0.450. The molecule has 2 N–H and O–H groups in total. The predicted octanol–water partition coefficient (Wildman–Crippen LogP) is 1.99. The topological polar surface area (TPSA) is 26.0 Å². The molecule has 0 saturated heterocycles. The Morgan fingerprint density at radius 3 is 2.86 bits per heavy atom. The highest BCUT2D eigenvalue weighted by Crippen LogP contribution is 2.59. The first-order chi connectivity index (χ1) is 6.76. The molecule has 3 rings (SSSR count). The molecule has 0 bridgehead atoms. The standard InChI is InChI=1S/C12H14FN/c13-10-2-1-8-5-9(7-14)12(3-4-12)11(8)6-10/h1-2,6,9H,3-5,7,14H2. The first kappa shape index (κ1) is 8.42. The van der Waals surface area contributed by atoms with Crippen LogP contribution in [0.2, 0.25) is 0 Å². The largest absolute Gasteiger partial charge is 0.330 e. The van der Waals surface area contributed by atoms with Crippen molar-refractivity contribution in [2.75, 3.05) is 6.54 Å². The monoisotopic (exact) mass is 191 g/mol. The van der Waals surface area contributed by atoms with Crippen LogP contribution in [-0.4, -0.2) is 6.54 Å². The van der Waals surface area contributed by atoms with Crippen LogP contribution >= 0.6 is 0 Å². The molecular formula is C12H14FN. The zero-order valence-electron chi connectivity index (χ0n) is 8.09. The zero-order chi connectivity index (χ0) is 9.76. The molecular weight excluding hydrogens is 177 g/mol. The van der Waals surface area contributed by atoms with Gasteiger partial charge in [-0.15, -0.1) is 0 Å². The third-order valence-corrected chi connectivity index (χ3v) is 3.93. The summed E-state index contributed by atoms with van der Waals surface area (Å²) in [4.78, 5) is 0. The van der Waals surface area contributed by atoms with E-state index in [4.69, 9.17) is 5.73 Å². The molecule has 2 aliphatic rings. The van der Waals surface area contributed by atoms with E-state index in [1.54, 1.807) is 12.1 Å². The number of nitrogens with two attached hydrogens (primary N) is 1. The maximum Gasteiger partial charge on any atom is 0.123 e. The van der Waals surface area contributed by atoms with Gasteiger partial charge in [0, 0.05) is 5.41 Å². The highest BCUT2D eigenvalue weighted by atomic mass is 19.1. The minimum atomic E-state index is -0.104. The number of halogens is 1. The van der Waals surface area contributed by atoms with Gasteiger partial charge in [0.25, 0.3) is 0 Å². The van der Waals surface area contributed by atoms with Gasteiger partial charge in [0.1, 0.15) is 5.82 Å². The minimum Gasteiger partial charge on any atom is -0.330 e. The summed E-state index contributed by atoms with van der Waals surface area (Å²) in [5.74, 6) is 0.451. The Balaban J connectivity index is 2.11. The van der Waals surface area contributed by atoms with Gasteiger partial charge in [-0.25, -0.2) is 4.39 Å². The molecule has 1 aromatic rings. The van der Waals surface area contributed by atoms with E-state index in [0.29, 0.717) is 5.92 Å². The molecule has 2 aliphatic carbocycles. The van der Waals surface area contributed by atoms with E-state index in [2.05, 4.69) is 0 Å². The molecule has 1 aromatic carbocycles. The van der Waals surface area contributed by atoms with Crippen molar-refractivity contribution in [3.63, 3.8) is 0 Å². The van der Waals surface area contributed by atoms with Crippen LogP contribution < -0.4 is 5.73 Å². The Bertz CT molecular complexity index is 382. The van der Waals surface area contributed by atoms with Crippen LogP contribution in [-0.2, 0) is 11.8 Å². The van der Waals surface area contributed by atoms with Gasteiger partial charge in [0.2, 0.25) is 0 Å². The van der Waals surface area contributed by atoms with E-state index >= 15 is 0 Å². The highest BCUT2D eigenvalue weighted by molar-refractivity contribution is 5.45. The van der Waals surface area contributed by atoms with Crippen LogP contribution in [0.3, 0.4) is 0 Å². The van der Waals surface area contributed by atoms with Gasteiger partial charge >= 0.3 is 0 Å².